The minimum Gasteiger partial charge on any atom is -0.426 e. The fourth-order valence-electron chi connectivity index (χ4n) is 2.03. The third kappa shape index (κ3) is 4.19. The van der Waals surface area contributed by atoms with Gasteiger partial charge in [-0.25, -0.2) is 0 Å². The Morgan fingerprint density at radius 1 is 1.18 bits per heavy atom. The molecule has 1 rings (SSSR count). The van der Waals surface area contributed by atoms with E-state index in [2.05, 4.69) is 0 Å². The largest absolute Gasteiger partial charge is 0.426 e. The lowest BCUT2D eigenvalue weighted by molar-refractivity contribution is -0.134. The molecule has 1 unspecified atom stereocenters. The van der Waals surface area contributed by atoms with Gasteiger partial charge >= 0.3 is 13.6 Å². The Morgan fingerprint density at radius 3 is 2.18 bits per heavy atom. The number of rotatable bonds is 5. The normalized spacial score (nSPS) is 13.8. The SMILES string of the molecule is COP(=O)(OC)C(C)C(=O)Oc1ccc(C)cc1C(C)(C)C. The maximum absolute atomic E-state index is 12.3. The summed E-state index contributed by atoms with van der Waals surface area (Å²) in [5.41, 5.74) is 0.809. The number of ether oxygens (including phenoxy) is 1. The molecule has 0 aliphatic carbocycles. The Bertz CT molecular complexity index is 581. The zero-order chi connectivity index (χ0) is 17.1. The predicted octanol–water partition coefficient (Wildman–Crippen LogP) is 4.07. The number of benzene rings is 1. The fourth-order valence-corrected chi connectivity index (χ4v) is 3.12. The van der Waals surface area contributed by atoms with Crippen LogP contribution in [0.4, 0.5) is 0 Å². The summed E-state index contributed by atoms with van der Waals surface area (Å²) in [6.07, 6.45) is 0. The Labute approximate surface area is 132 Å². The molecule has 0 N–H and O–H groups in total. The maximum Gasteiger partial charge on any atom is 0.344 e. The summed E-state index contributed by atoms with van der Waals surface area (Å²) in [7, 11) is -1.00. The standard InChI is InChI=1S/C16H25O5P/c1-11-8-9-14(13(10-11)16(3,4)5)21-15(17)12(2)22(18,19-6)20-7/h8-10,12H,1-7H3. The molecule has 5 nitrogen and oxygen atoms in total. The number of esters is 1. The van der Waals surface area contributed by atoms with Crippen LogP contribution in [0.1, 0.15) is 38.8 Å². The van der Waals surface area contributed by atoms with E-state index in [4.69, 9.17) is 13.8 Å². The van der Waals surface area contributed by atoms with Crippen LogP contribution in [-0.4, -0.2) is 25.8 Å². The molecule has 6 heteroatoms. The van der Waals surface area contributed by atoms with Gasteiger partial charge in [0.1, 0.15) is 5.75 Å². The highest BCUT2D eigenvalue weighted by molar-refractivity contribution is 7.55. The zero-order valence-electron chi connectivity index (χ0n) is 14.3. The molecule has 0 amide bonds. The van der Waals surface area contributed by atoms with Gasteiger partial charge in [0.2, 0.25) is 0 Å². The smallest absolute Gasteiger partial charge is 0.344 e. The van der Waals surface area contributed by atoms with E-state index in [0.29, 0.717) is 5.75 Å². The average molecular weight is 328 g/mol. The summed E-state index contributed by atoms with van der Waals surface area (Å²) in [5, 5.41) is 0. The van der Waals surface area contributed by atoms with E-state index in [0.717, 1.165) is 11.1 Å². The van der Waals surface area contributed by atoms with Gasteiger partial charge in [0.25, 0.3) is 0 Å². The lowest BCUT2D eigenvalue weighted by Crippen LogP contribution is -2.26. The van der Waals surface area contributed by atoms with E-state index < -0.39 is 19.2 Å². The molecule has 0 fully saturated rings. The van der Waals surface area contributed by atoms with Gasteiger partial charge in [-0.05, 0) is 25.3 Å². The number of hydrogen-bond donors (Lipinski definition) is 0. The summed E-state index contributed by atoms with van der Waals surface area (Å²) in [6, 6.07) is 5.61. The maximum atomic E-state index is 12.3. The monoisotopic (exact) mass is 328 g/mol. The van der Waals surface area contributed by atoms with Gasteiger partial charge in [-0.2, -0.15) is 0 Å². The summed E-state index contributed by atoms with van der Waals surface area (Å²) >= 11 is 0. The minimum atomic E-state index is -3.51. The molecule has 0 saturated carbocycles. The number of carbonyl (C=O) groups is 1. The van der Waals surface area contributed by atoms with Gasteiger partial charge in [-0.1, -0.05) is 38.5 Å². The zero-order valence-corrected chi connectivity index (χ0v) is 15.2. The van der Waals surface area contributed by atoms with E-state index in [-0.39, 0.29) is 5.41 Å². The van der Waals surface area contributed by atoms with Gasteiger partial charge in [-0.3, -0.25) is 9.36 Å². The first-order valence-electron chi connectivity index (χ1n) is 7.09. The van der Waals surface area contributed by atoms with Crippen molar-refractivity contribution in [1.82, 2.24) is 0 Å². The van der Waals surface area contributed by atoms with Crippen LogP contribution in [0.25, 0.3) is 0 Å². The molecule has 1 aromatic carbocycles. The Hall–Kier alpha value is -1.16. The summed E-state index contributed by atoms with van der Waals surface area (Å²) < 4.78 is 27.5. The molecule has 0 saturated heterocycles. The summed E-state index contributed by atoms with van der Waals surface area (Å²) in [5.74, 6) is -0.171. The molecule has 0 radical (unpaired) electrons. The summed E-state index contributed by atoms with van der Waals surface area (Å²) in [4.78, 5) is 12.3. The van der Waals surface area contributed by atoms with Crippen LogP contribution in [-0.2, 0) is 23.8 Å². The van der Waals surface area contributed by atoms with Crippen LogP contribution >= 0.6 is 7.60 Å². The Balaban J connectivity index is 3.10. The first-order chi connectivity index (χ1) is 10.0. The van der Waals surface area contributed by atoms with Crippen molar-refractivity contribution in [3.8, 4) is 5.75 Å². The van der Waals surface area contributed by atoms with E-state index >= 15 is 0 Å². The van der Waals surface area contributed by atoms with Crippen molar-refractivity contribution in [2.45, 2.75) is 45.7 Å². The van der Waals surface area contributed by atoms with Crippen molar-refractivity contribution in [3.63, 3.8) is 0 Å². The van der Waals surface area contributed by atoms with E-state index in [1.165, 1.54) is 21.1 Å². The van der Waals surface area contributed by atoms with Crippen LogP contribution in [0.3, 0.4) is 0 Å². The van der Waals surface area contributed by atoms with Gasteiger partial charge in [0.15, 0.2) is 5.66 Å². The van der Waals surface area contributed by atoms with Crippen molar-refractivity contribution >= 4 is 13.6 Å². The van der Waals surface area contributed by atoms with Crippen molar-refractivity contribution in [1.29, 1.82) is 0 Å². The van der Waals surface area contributed by atoms with Gasteiger partial charge in [-0.15, -0.1) is 0 Å². The van der Waals surface area contributed by atoms with E-state index in [9.17, 15) is 9.36 Å². The molecule has 0 spiro atoms. The second-order valence-electron chi connectivity index (χ2n) is 6.25. The highest BCUT2D eigenvalue weighted by Crippen LogP contribution is 2.51. The highest BCUT2D eigenvalue weighted by atomic mass is 31.2. The van der Waals surface area contributed by atoms with Gasteiger partial charge < -0.3 is 13.8 Å². The van der Waals surface area contributed by atoms with Crippen molar-refractivity contribution in [2.24, 2.45) is 0 Å². The number of aryl methyl sites for hydroxylation is 1. The third-order valence-corrected chi connectivity index (χ3v) is 5.66. The molecule has 0 aromatic heterocycles. The van der Waals surface area contributed by atoms with Gasteiger partial charge in [0.05, 0.1) is 0 Å². The summed E-state index contributed by atoms with van der Waals surface area (Å²) in [6.45, 7) is 9.57. The van der Waals surface area contributed by atoms with Crippen LogP contribution in [0.5, 0.6) is 5.75 Å². The first-order valence-corrected chi connectivity index (χ1v) is 8.70. The van der Waals surface area contributed by atoms with Crippen LogP contribution in [0.2, 0.25) is 0 Å². The molecule has 1 aromatic rings. The number of hydrogen-bond acceptors (Lipinski definition) is 5. The topological polar surface area (TPSA) is 61.8 Å². The Morgan fingerprint density at radius 2 is 1.73 bits per heavy atom. The Kier molecular flexibility index (Phi) is 5.96. The molecule has 0 heterocycles. The highest BCUT2D eigenvalue weighted by Gasteiger charge is 2.38. The lowest BCUT2D eigenvalue weighted by Gasteiger charge is -2.24. The lowest BCUT2D eigenvalue weighted by atomic mass is 9.85. The minimum absolute atomic E-state index is 0.183. The second kappa shape index (κ2) is 6.95. The fraction of sp³-hybridized carbons (Fsp3) is 0.562. The quantitative estimate of drug-likeness (QED) is 0.463. The molecule has 124 valence electrons. The van der Waals surface area contributed by atoms with Crippen molar-refractivity contribution < 1.29 is 23.1 Å². The van der Waals surface area contributed by atoms with Crippen molar-refractivity contribution in [2.75, 3.05) is 14.2 Å². The average Bonchev–Trinajstić information content (AvgIpc) is 2.46. The molecule has 22 heavy (non-hydrogen) atoms. The van der Waals surface area contributed by atoms with E-state index in [1.54, 1.807) is 6.07 Å². The predicted molar refractivity (Wildman–Crippen MR) is 86.6 cm³/mol. The van der Waals surface area contributed by atoms with Crippen LogP contribution in [0.15, 0.2) is 18.2 Å². The molecule has 0 aliphatic heterocycles. The first kappa shape index (κ1) is 18.9. The third-order valence-electron chi connectivity index (χ3n) is 3.48. The molecule has 0 aliphatic rings. The second-order valence-corrected chi connectivity index (χ2v) is 8.84. The molecular weight excluding hydrogens is 303 g/mol. The molecule has 0 bridgehead atoms. The van der Waals surface area contributed by atoms with E-state index in [1.807, 2.05) is 39.8 Å². The van der Waals surface area contributed by atoms with Gasteiger partial charge in [0, 0.05) is 19.8 Å². The molecule has 1 atom stereocenters. The van der Waals surface area contributed by atoms with Crippen molar-refractivity contribution in [3.05, 3.63) is 29.3 Å². The van der Waals surface area contributed by atoms with Crippen LogP contribution in [0, 0.1) is 6.92 Å². The number of carbonyl (C=O) groups excluding carboxylic acids is 1. The molecular formula is C16H25O5P. The van der Waals surface area contributed by atoms with Crippen LogP contribution < -0.4 is 4.74 Å².